The molecular weight excluding hydrogens is 280 g/mol. The van der Waals surface area contributed by atoms with Crippen LogP contribution in [0.5, 0.6) is 0 Å². The van der Waals surface area contributed by atoms with Crippen molar-refractivity contribution in [3.8, 4) is 0 Å². The second-order valence-corrected chi connectivity index (χ2v) is 6.30. The van der Waals surface area contributed by atoms with Crippen molar-refractivity contribution in [2.45, 2.75) is 13.3 Å². The Labute approximate surface area is 116 Å². The van der Waals surface area contributed by atoms with E-state index in [2.05, 4.69) is 22.0 Å². The van der Waals surface area contributed by atoms with Crippen LogP contribution in [-0.4, -0.2) is 34.7 Å². The molecule has 0 fully saturated rings. The molecule has 0 unspecified atom stereocenters. The van der Waals surface area contributed by atoms with E-state index in [1.807, 2.05) is 6.92 Å². The molecule has 2 aromatic heterocycles. The summed E-state index contributed by atoms with van der Waals surface area (Å²) < 4.78 is 24.1. The molecule has 0 saturated heterocycles. The first-order valence-corrected chi connectivity index (χ1v) is 7.58. The highest BCUT2D eigenvalue weighted by atomic mass is 32.2. The van der Waals surface area contributed by atoms with Crippen LogP contribution in [0.4, 0.5) is 5.69 Å². The molecule has 0 atom stereocenters. The predicted octanol–water partition coefficient (Wildman–Crippen LogP) is 0.925. The maximum atomic E-state index is 11.8. The fourth-order valence-electron chi connectivity index (χ4n) is 1.65. The van der Waals surface area contributed by atoms with Crippen LogP contribution in [0.25, 0.3) is 5.65 Å². The molecule has 2 heterocycles. The maximum Gasteiger partial charge on any atom is 0.225 e. The quantitative estimate of drug-likeness (QED) is 0.885. The van der Waals surface area contributed by atoms with Crippen molar-refractivity contribution in [1.29, 1.82) is 0 Å². The molecule has 2 rings (SSSR count). The lowest BCUT2D eigenvalue weighted by Crippen LogP contribution is -2.17. The lowest BCUT2D eigenvalue weighted by molar-refractivity contribution is -0.115. The van der Waals surface area contributed by atoms with Gasteiger partial charge in [0, 0.05) is 18.0 Å². The fraction of sp³-hybridized carbons (Fsp3) is 0.250. The number of nitrogens with one attached hydrogen (secondary N) is 1. The van der Waals surface area contributed by atoms with Gasteiger partial charge in [0.2, 0.25) is 5.91 Å². The summed E-state index contributed by atoms with van der Waals surface area (Å²) in [6.45, 7) is 5.03. The number of rotatable bonds is 5. The van der Waals surface area contributed by atoms with Gasteiger partial charge >= 0.3 is 0 Å². The van der Waals surface area contributed by atoms with Crippen LogP contribution < -0.4 is 5.32 Å². The molecule has 1 amide bonds. The summed E-state index contributed by atoms with van der Waals surface area (Å²) in [6, 6.07) is 1.79. The summed E-state index contributed by atoms with van der Waals surface area (Å²) in [5, 5.41) is 7.50. The number of aromatic nitrogens is 3. The van der Waals surface area contributed by atoms with Gasteiger partial charge < -0.3 is 5.32 Å². The van der Waals surface area contributed by atoms with E-state index >= 15 is 0 Å². The average Bonchev–Trinajstić information content (AvgIpc) is 2.88. The van der Waals surface area contributed by atoms with Crippen LogP contribution in [0.3, 0.4) is 0 Å². The largest absolute Gasteiger partial charge is 0.323 e. The molecular formula is C12H14N4O3S. The Morgan fingerprint density at radius 3 is 3.00 bits per heavy atom. The maximum absolute atomic E-state index is 11.8. The van der Waals surface area contributed by atoms with E-state index < -0.39 is 15.7 Å². The van der Waals surface area contributed by atoms with Gasteiger partial charge in [-0.2, -0.15) is 5.10 Å². The Hall–Kier alpha value is -2.22. The Balaban J connectivity index is 2.16. The molecule has 20 heavy (non-hydrogen) atoms. The minimum Gasteiger partial charge on any atom is -0.323 e. The first-order chi connectivity index (χ1) is 9.43. The topological polar surface area (TPSA) is 93.4 Å². The van der Waals surface area contributed by atoms with E-state index in [1.54, 1.807) is 12.3 Å². The third-order valence-electron chi connectivity index (χ3n) is 2.79. The summed E-state index contributed by atoms with van der Waals surface area (Å²) in [5.74, 6) is -0.661. The summed E-state index contributed by atoms with van der Waals surface area (Å²) >= 11 is 0. The van der Waals surface area contributed by atoms with E-state index in [9.17, 15) is 13.2 Å². The number of fused-ring (bicyclic) bond motifs is 1. The number of hydrogen-bond donors (Lipinski definition) is 1. The monoisotopic (exact) mass is 294 g/mol. The van der Waals surface area contributed by atoms with Gasteiger partial charge in [0.15, 0.2) is 15.5 Å². The zero-order chi connectivity index (χ0) is 14.8. The zero-order valence-electron chi connectivity index (χ0n) is 10.9. The van der Waals surface area contributed by atoms with Crippen molar-refractivity contribution >= 4 is 27.1 Å². The van der Waals surface area contributed by atoms with E-state index in [4.69, 9.17) is 0 Å². The Morgan fingerprint density at radius 2 is 2.30 bits per heavy atom. The van der Waals surface area contributed by atoms with Crippen molar-refractivity contribution in [3.05, 3.63) is 36.1 Å². The second kappa shape index (κ2) is 5.41. The van der Waals surface area contributed by atoms with Crippen molar-refractivity contribution in [1.82, 2.24) is 14.6 Å². The second-order valence-electron chi connectivity index (χ2n) is 4.23. The van der Waals surface area contributed by atoms with Gasteiger partial charge in [0.25, 0.3) is 0 Å². The number of carbonyl (C=O) groups excluding carboxylic acids is 1. The zero-order valence-corrected chi connectivity index (χ0v) is 11.7. The molecule has 0 aliphatic heterocycles. The van der Waals surface area contributed by atoms with Gasteiger partial charge in [-0.25, -0.2) is 17.9 Å². The summed E-state index contributed by atoms with van der Waals surface area (Å²) in [4.78, 5) is 15.9. The fourth-order valence-corrected chi connectivity index (χ4v) is 2.29. The molecule has 0 aromatic carbocycles. The number of hydrogen-bond acceptors (Lipinski definition) is 5. The molecule has 0 aliphatic carbocycles. The number of anilines is 1. The number of amides is 1. The minimum atomic E-state index is -3.38. The average molecular weight is 294 g/mol. The van der Waals surface area contributed by atoms with Gasteiger partial charge in [0.05, 0.1) is 11.4 Å². The van der Waals surface area contributed by atoms with Crippen LogP contribution >= 0.6 is 0 Å². The molecule has 0 spiro atoms. The van der Waals surface area contributed by atoms with Crippen molar-refractivity contribution in [2.24, 2.45) is 0 Å². The number of nitrogens with zero attached hydrogens (tertiary/aromatic N) is 3. The van der Waals surface area contributed by atoms with Gasteiger partial charge in [-0.05, 0) is 18.6 Å². The predicted molar refractivity (Wildman–Crippen MR) is 75.0 cm³/mol. The lowest BCUT2D eigenvalue weighted by atomic mass is 10.2. The molecule has 0 bridgehead atoms. The summed E-state index contributed by atoms with van der Waals surface area (Å²) in [7, 11) is -3.38. The number of aryl methyl sites for hydroxylation is 1. The minimum absolute atomic E-state index is 0.136. The Bertz CT molecular complexity index is 764. The van der Waals surface area contributed by atoms with Crippen LogP contribution in [-0.2, 0) is 14.6 Å². The third-order valence-corrected chi connectivity index (χ3v) is 4.07. The van der Waals surface area contributed by atoms with E-state index in [0.717, 1.165) is 11.0 Å². The Kier molecular flexibility index (Phi) is 3.84. The van der Waals surface area contributed by atoms with Crippen molar-refractivity contribution in [3.63, 3.8) is 0 Å². The molecule has 1 N–H and O–H groups in total. The van der Waals surface area contributed by atoms with Gasteiger partial charge in [-0.15, -0.1) is 0 Å². The van der Waals surface area contributed by atoms with E-state index in [-0.39, 0.29) is 12.2 Å². The number of carbonyl (C=O) groups is 1. The summed E-state index contributed by atoms with van der Waals surface area (Å²) in [6.07, 6.45) is 2.98. The highest BCUT2D eigenvalue weighted by Gasteiger charge is 2.13. The van der Waals surface area contributed by atoms with Gasteiger partial charge in [0.1, 0.15) is 6.33 Å². The SMILES string of the molecule is C=CS(=O)(=O)CCC(=O)Nc1c(C)ccn2ncnc12. The van der Waals surface area contributed by atoms with Crippen LogP contribution in [0.15, 0.2) is 30.6 Å². The van der Waals surface area contributed by atoms with Gasteiger partial charge in [-0.3, -0.25) is 4.79 Å². The molecule has 0 saturated carbocycles. The smallest absolute Gasteiger partial charge is 0.225 e. The molecule has 0 aliphatic rings. The first kappa shape index (κ1) is 14.2. The van der Waals surface area contributed by atoms with E-state index in [1.165, 1.54) is 10.8 Å². The van der Waals surface area contributed by atoms with E-state index in [0.29, 0.717) is 11.3 Å². The number of sulfone groups is 1. The highest BCUT2D eigenvalue weighted by Crippen LogP contribution is 2.19. The normalized spacial score (nSPS) is 11.4. The lowest BCUT2D eigenvalue weighted by Gasteiger charge is -2.08. The molecule has 0 radical (unpaired) electrons. The Morgan fingerprint density at radius 1 is 1.55 bits per heavy atom. The molecule has 2 aromatic rings. The molecule has 7 nitrogen and oxygen atoms in total. The van der Waals surface area contributed by atoms with Gasteiger partial charge in [-0.1, -0.05) is 6.58 Å². The first-order valence-electron chi connectivity index (χ1n) is 5.87. The molecule has 106 valence electrons. The number of pyridine rings is 1. The third kappa shape index (κ3) is 3.02. The standard InChI is InChI=1S/C12H14N4O3S/c1-3-20(18,19)7-5-10(17)15-11-9(2)4-6-16-12(11)13-8-14-16/h3-4,6,8H,1,5,7H2,2H3,(H,15,17). The summed E-state index contributed by atoms with van der Waals surface area (Å²) in [5.41, 5.74) is 1.88. The van der Waals surface area contributed by atoms with Crippen molar-refractivity contribution < 1.29 is 13.2 Å². The van der Waals surface area contributed by atoms with Crippen molar-refractivity contribution in [2.75, 3.05) is 11.1 Å². The van der Waals surface area contributed by atoms with Crippen LogP contribution in [0.2, 0.25) is 0 Å². The molecule has 8 heteroatoms. The highest BCUT2D eigenvalue weighted by molar-refractivity contribution is 7.94. The van der Waals surface area contributed by atoms with Crippen LogP contribution in [0, 0.1) is 6.92 Å². The van der Waals surface area contributed by atoms with Crippen LogP contribution in [0.1, 0.15) is 12.0 Å².